The fourth-order valence-corrected chi connectivity index (χ4v) is 3.86. The molecule has 0 fully saturated rings. The second-order valence-corrected chi connectivity index (χ2v) is 7.33. The van der Waals surface area contributed by atoms with Crippen LogP contribution in [0.5, 0.6) is 0 Å². The Morgan fingerprint density at radius 1 is 0.926 bits per heavy atom. The van der Waals surface area contributed by atoms with Crippen molar-refractivity contribution in [3.05, 3.63) is 99.3 Å². The van der Waals surface area contributed by atoms with E-state index in [1.165, 1.54) is 0 Å². The minimum atomic E-state index is 0.791. The second kappa shape index (κ2) is 8.24. The monoisotopic (exact) mass is 434 g/mol. The predicted octanol–water partition coefficient (Wildman–Crippen LogP) is 5.49. The highest BCUT2D eigenvalue weighted by atomic mass is 79.9. The number of pyridine rings is 1. The first kappa shape index (κ1) is 17.6. The van der Waals surface area contributed by atoms with Gasteiger partial charge in [0.1, 0.15) is 0 Å². The summed E-state index contributed by atoms with van der Waals surface area (Å²) in [5.41, 5.74) is 3.70. The topological polar surface area (TPSA) is 42.5 Å². The van der Waals surface area contributed by atoms with Crippen molar-refractivity contribution < 1.29 is 0 Å². The average Bonchev–Trinajstić information content (AvgIpc) is 3.10. The first-order valence-corrected chi connectivity index (χ1v) is 9.99. The maximum Gasteiger partial charge on any atom is 0.211 e. The zero-order valence-corrected chi connectivity index (χ0v) is 16.6. The normalized spacial score (nSPS) is 12.0. The summed E-state index contributed by atoms with van der Waals surface area (Å²) in [6, 6.07) is 23.7. The highest BCUT2D eigenvalue weighted by molar-refractivity contribution is 9.10. The van der Waals surface area contributed by atoms with Crippen LogP contribution in [0, 0.1) is 0 Å². The third kappa shape index (κ3) is 4.13. The summed E-state index contributed by atoms with van der Waals surface area (Å²) in [6.07, 6.45) is 3.50. The van der Waals surface area contributed by atoms with Gasteiger partial charge in [0.2, 0.25) is 4.80 Å². The molecule has 0 aliphatic heterocycles. The molecular formula is C21H15BrN4S. The molecule has 0 aliphatic rings. The SMILES string of the molecule is Brc1ccccc1-c1csc(=Nc2ccccc2)n1N=Cc1ccccn1. The molecule has 0 amide bonds. The van der Waals surface area contributed by atoms with Crippen molar-refractivity contribution in [2.45, 2.75) is 0 Å². The summed E-state index contributed by atoms with van der Waals surface area (Å²) in [4.78, 5) is 9.86. The van der Waals surface area contributed by atoms with Gasteiger partial charge in [-0.2, -0.15) is 5.10 Å². The summed E-state index contributed by atoms with van der Waals surface area (Å²) in [5.74, 6) is 0. The number of benzene rings is 2. The molecule has 27 heavy (non-hydrogen) atoms. The van der Waals surface area contributed by atoms with Gasteiger partial charge in [-0.05, 0) is 30.3 Å². The zero-order valence-electron chi connectivity index (χ0n) is 14.2. The van der Waals surface area contributed by atoms with Crippen LogP contribution in [0.1, 0.15) is 5.69 Å². The Bertz CT molecular complexity index is 1130. The van der Waals surface area contributed by atoms with Gasteiger partial charge in [-0.15, -0.1) is 11.3 Å². The van der Waals surface area contributed by atoms with Crippen LogP contribution in [0.3, 0.4) is 0 Å². The van der Waals surface area contributed by atoms with Crippen molar-refractivity contribution in [2.75, 3.05) is 0 Å². The molecule has 0 saturated carbocycles. The number of thiazole rings is 1. The number of aromatic nitrogens is 2. The van der Waals surface area contributed by atoms with Crippen LogP contribution in [0.4, 0.5) is 5.69 Å². The van der Waals surface area contributed by atoms with Crippen LogP contribution < -0.4 is 4.80 Å². The van der Waals surface area contributed by atoms with Crippen molar-refractivity contribution in [2.24, 2.45) is 10.1 Å². The fraction of sp³-hybridized carbons (Fsp3) is 0. The Morgan fingerprint density at radius 2 is 1.70 bits per heavy atom. The number of hydrogen-bond donors (Lipinski definition) is 0. The molecule has 0 bridgehead atoms. The summed E-state index contributed by atoms with van der Waals surface area (Å²) >= 11 is 5.19. The average molecular weight is 435 g/mol. The van der Waals surface area contributed by atoms with Crippen LogP contribution in [-0.4, -0.2) is 15.9 Å². The van der Waals surface area contributed by atoms with Gasteiger partial charge in [-0.3, -0.25) is 4.98 Å². The van der Waals surface area contributed by atoms with Gasteiger partial charge in [0, 0.05) is 21.6 Å². The third-order valence-electron chi connectivity index (χ3n) is 3.81. The highest BCUT2D eigenvalue weighted by Crippen LogP contribution is 2.28. The Morgan fingerprint density at radius 3 is 2.48 bits per heavy atom. The van der Waals surface area contributed by atoms with Gasteiger partial charge in [0.25, 0.3) is 0 Å². The number of rotatable bonds is 4. The molecule has 6 heteroatoms. The van der Waals surface area contributed by atoms with E-state index in [2.05, 4.69) is 37.5 Å². The highest BCUT2D eigenvalue weighted by Gasteiger charge is 2.10. The zero-order chi connectivity index (χ0) is 18.5. The molecule has 0 radical (unpaired) electrons. The van der Waals surface area contributed by atoms with Crippen LogP contribution in [-0.2, 0) is 0 Å². The molecule has 0 spiro atoms. The van der Waals surface area contributed by atoms with Crippen LogP contribution in [0.2, 0.25) is 0 Å². The smallest absolute Gasteiger partial charge is 0.211 e. The van der Waals surface area contributed by atoms with Gasteiger partial charge < -0.3 is 0 Å². The molecule has 0 unspecified atom stereocenters. The Labute approximate surface area is 169 Å². The molecule has 4 nitrogen and oxygen atoms in total. The van der Waals surface area contributed by atoms with E-state index < -0.39 is 0 Å². The number of hydrogen-bond acceptors (Lipinski definition) is 4. The largest absolute Gasteiger partial charge is 0.255 e. The third-order valence-corrected chi connectivity index (χ3v) is 5.32. The van der Waals surface area contributed by atoms with Gasteiger partial charge in [-0.1, -0.05) is 58.4 Å². The van der Waals surface area contributed by atoms with Crippen molar-refractivity contribution in [3.63, 3.8) is 0 Å². The molecule has 4 aromatic rings. The predicted molar refractivity (Wildman–Crippen MR) is 114 cm³/mol. The Balaban J connectivity index is 1.87. The summed E-state index contributed by atoms with van der Waals surface area (Å²) in [7, 11) is 0. The first-order valence-electron chi connectivity index (χ1n) is 8.32. The van der Waals surface area contributed by atoms with E-state index in [1.807, 2.05) is 71.4 Å². The van der Waals surface area contributed by atoms with Crippen molar-refractivity contribution >= 4 is 39.2 Å². The summed E-state index contributed by atoms with van der Waals surface area (Å²) in [6.45, 7) is 0. The van der Waals surface area contributed by atoms with Crippen molar-refractivity contribution in [1.82, 2.24) is 9.66 Å². The lowest BCUT2D eigenvalue weighted by Gasteiger charge is -2.05. The van der Waals surface area contributed by atoms with Crippen LogP contribution in [0.15, 0.2) is 98.9 Å². The van der Waals surface area contributed by atoms with Gasteiger partial charge in [0.15, 0.2) is 0 Å². The minimum Gasteiger partial charge on any atom is -0.255 e. The minimum absolute atomic E-state index is 0.791. The molecule has 0 aliphatic carbocycles. The Kier molecular flexibility index (Phi) is 5.37. The fourth-order valence-electron chi connectivity index (χ4n) is 2.53. The molecule has 2 aromatic heterocycles. The lowest BCUT2D eigenvalue weighted by Crippen LogP contribution is -2.11. The van der Waals surface area contributed by atoms with Gasteiger partial charge in [0.05, 0.1) is 23.3 Å². The first-order chi connectivity index (χ1) is 13.3. The van der Waals surface area contributed by atoms with E-state index in [4.69, 9.17) is 4.99 Å². The van der Waals surface area contributed by atoms with Gasteiger partial charge >= 0.3 is 0 Å². The molecule has 0 atom stereocenters. The standard InChI is InChI=1S/C21H15BrN4S/c22-19-12-5-4-11-18(19)20-15-27-21(25-16-8-2-1-3-9-16)26(20)24-14-17-10-6-7-13-23-17/h1-15H. The van der Waals surface area contributed by atoms with Crippen LogP contribution >= 0.6 is 27.3 Å². The number of para-hydroxylation sites is 1. The van der Waals surface area contributed by atoms with E-state index >= 15 is 0 Å². The van der Waals surface area contributed by atoms with E-state index in [9.17, 15) is 0 Å². The van der Waals surface area contributed by atoms with E-state index in [0.29, 0.717) is 0 Å². The van der Waals surface area contributed by atoms with E-state index in [1.54, 1.807) is 23.7 Å². The second-order valence-electron chi connectivity index (χ2n) is 5.64. The summed E-state index contributed by atoms with van der Waals surface area (Å²) < 4.78 is 2.86. The van der Waals surface area contributed by atoms with Crippen molar-refractivity contribution in [3.8, 4) is 11.3 Å². The maximum atomic E-state index is 4.76. The van der Waals surface area contributed by atoms with Gasteiger partial charge in [-0.25, -0.2) is 9.67 Å². The molecule has 2 heterocycles. The Hall–Kier alpha value is -2.83. The number of halogens is 1. The van der Waals surface area contributed by atoms with Crippen molar-refractivity contribution in [1.29, 1.82) is 0 Å². The maximum absolute atomic E-state index is 4.76. The molecular weight excluding hydrogens is 420 g/mol. The molecule has 0 saturated heterocycles. The molecule has 2 aromatic carbocycles. The molecule has 0 N–H and O–H groups in total. The van der Waals surface area contributed by atoms with E-state index in [0.717, 1.165) is 31.9 Å². The quantitative estimate of drug-likeness (QED) is 0.391. The van der Waals surface area contributed by atoms with E-state index in [-0.39, 0.29) is 0 Å². The molecule has 4 rings (SSSR count). The van der Waals surface area contributed by atoms with Crippen LogP contribution in [0.25, 0.3) is 11.3 Å². The lowest BCUT2D eigenvalue weighted by molar-refractivity contribution is 0.853. The molecule has 132 valence electrons. The lowest BCUT2D eigenvalue weighted by atomic mass is 10.2. The summed E-state index contributed by atoms with van der Waals surface area (Å²) in [5, 5.41) is 6.74. The number of nitrogens with zero attached hydrogens (tertiary/aromatic N) is 4.